The molecule has 106 valence electrons. The predicted octanol–water partition coefficient (Wildman–Crippen LogP) is 2.91. The van der Waals surface area contributed by atoms with E-state index in [1.54, 1.807) is 0 Å². The average molecular weight is 262 g/mol. The van der Waals surface area contributed by atoms with Crippen molar-refractivity contribution in [1.29, 1.82) is 0 Å². The molecule has 19 heavy (non-hydrogen) atoms. The van der Waals surface area contributed by atoms with Crippen LogP contribution in [0, 0.1) is 5.41 Å². The van der Waals surface area contributed by atoms with Gasteiger partial charge in [-0.3, -0.25) is 0 Å². The normalized spacial score (nSPS) is 22.3. The molecule has 3 heteroatoms. The van der Waals surface area contributed by atoms with Crippen LogP contribution in [0.15, 0.2) is 24.3 Å². The molecule has 0 spiro atoms. The Morgan fingerprint density at radius 3 is 2.53 bits per heavy atom. The summed E-state index contributed by atoms with van der Waals surface area (Å²) in [5, 5.41) is 3.45. The highest BCUT2D eigenvalue weighted by Crippen LogP contribution is 2.32. The lowest BCUT2D eigenvalue weighted by Gasteiger charge is -2.45. The molecule has 0 saturated carbocycles. The first-order valence-corrected chi connectivity index (χ1v) is 7.22. The van der Waals surface area contributed by atoms with Crippen LogP contribution in [-0.2, 0) is 0 Å². The van der Waals surface area contributed by atoms with Gasteiger partial charge in [0.1, 0.15) is 5.75 Å². The lowest BCUT2D eigenvalue weighted by molar-refractivity contribution is 0.215. The molecule has 1 aromatic rings. The van der Waals surface area contributed by atoms with Crippen LogP contribution in [0.2, 0.25) is 0 Å². The molecule has 3 nitrogen and oxygen atoms in total. The molecule has 1 aromatic carbocycles. The number of nitrogens with zero attached hydrogens (tertiary/aromatic N) is 1. The summed E-state index contributed by atoms with van der Waals surface area (Å²) >= 11 is 0. The van der Waals surface area contributed by atoms with E-state index >= 15 is 0 Å². The number of nitrogens with one attached hydrogen (secondary N) is 1. The molecule has 1 heterocycles. The molecular weight excluding hydrogens is 236 g/mol. The topological polar surface area (TPSA) is 24.5 Å². The van der Waals surface area contributed by atoms with Gasteiger partial charge in [0.25, 0.3) is 0 Å². The van der Waals surface area contributed by atoms with Gasteiger partial charge in [0, 0.05) is 24.8 Å². The Hall–Kier alpha value is -1.22. The average Bonchev–Trinajstić information content (AvgIpc) is 2.39. The summed E-state index contributed by atoms with van der Waals surface area (Å²) in [4.78, 5) is 2.48. The fourth-order valence-electron chi connectivity index (χ4n) is 3.03. The third-order valence-electron chi connectivity index (χ3n) is 4.09. The van der Waals surface area contributed by atoms with E-state index < -0.39 is 0 Å². The first-order valence-electron chi connectivity index (χ1n) is 7.22. The van der Waals surface area contributed by atoms with Gasteiger partial charge in [-0.15, -0.1) is 0 Å². The Morgan fingerprint density at radius 1 is 1.32 bits per heavy atom. The van der Waals surface area contributed by atoms with E-state index in [0.29, 0.717) is 11.5 Å². The van der Waals surface area contributed by atoms with Crippen molar-refractivity contribution in [3.05, 3.63) is 24.3 Å². The second kappa shape index (κ2) is 5.83. The summed E-state index contributed by atoms with van der Waals surface area (Å²) in [6.45, 7) is 9.62. The summed E-state index contributed by atoms with van der Waals surface area (Å²) in [7, 11) is 2.07. The molecular formula is C16H26N2O. The van der Waals surface area contributed by atoms with E-state index in [2.05, 4.69) is 55.4 Å². The molecule has 1 aliphatic heterocycles. The van der Waals surface area contributed by atoms with E-state index in [0.717, 1.165) is 25.4 Å². The van der Waals surface area contributed by atoms with Gasteiger partial charge in [-0.2, -0.15) is 0 Å². The molecule has 1 fully saturated rings. The van der Waals surface area contributed by atoms with Crippen molar-refractivity contribution >= 4 is 5.69 Å². The van der Waals surface area contributed by atoms with Crippen molar-refractivity contribution in [2.45, 2.75) is 33.2 Å². The molecule has 1 atom stereocenters. The molecule has 1 aliphatic rings. The molecule has 0 amide bonds. The minimum Gasteiger partial charge on any atom is -0.494 e. The summed E-state index contributed by atoms with van der Waals surface area (Å²) < 4.78 is 5.50. The highest BCUT2D eigenvalue weighted by Gasteiger charge is 2.34. The molecule has 0 aromatic heterocycles. The maximum Gasteiger partial charge on any atom is 0.119 e. The van der Waals surface area contributed by atoms with Gasteiger partial charge in [-0.25, -0.2) is 0 Å². The molecule has 0 radical (unpaired) electrons. The zero-order valence-electron chi connectivity index (χ0n) is 12.6. The summed E-state index contributed by atoms with van der Waals surface area (Å²) in [6.07, 6.45) is 1.19. The summed E-state index contributed by atoms with van der Waals surface area (Å²) in [6, 6.07) is 9.07. The van der Waals surface area contributed by atoms with Crippen LogP contribution < -0.4 is 15.0 Å². The number of benzene rings is 1. The van der Waals surface area contributed by atoms with Gasteiger partial charge < -0.3 is 15.0 Å². The van der Waals surface area contributed by atoms with Crippen LogP contribution in [-0.4, -0.2) is 32.8 Å². The van der Waals surface area contributed by atoms with Crippen LogP contribution >= 0.6 is 0 Å². The number of hydrogen-bond donors (Lipinski definition) is 1. The Bertz CT molecular complexity index is 400. The van der Waals surface area contributed by atoms with E-state index in [1.807, 2.05) is 6.92 Å². The second-order valence-electron chi connectivity index (χ2n) is 5.97. The molecule has 2 rings (SSSR count). The molecule has 1 unspecified atom stereocenters. The zero-order chi connectivity index (χ0) is 13.9. The van der Waals surface area contributed by atoms with Crippen LogP contribution in [0.5, 0.6) is 5.75 Å². The molecule has 0 aliphatic carbocycles. The zero-order valence-corrected chi connectivity index (χ0v) is 12.6. The molecule has 0 bridgehead atoms. The number of ether oxygens (including phenoxy) is 1. The quantitative estimate of drug-likeness (QED) is 0.903. The van der Waals surface area contributed by atoms with Crippen molar-refractivity contribution in [3.63, 3.8) is 0 Å². The van der Waals surface area contributed by atoms with Crippen molar-refractivity contribution < 1.29 is 4.74 Å². The SMILES string of the molecule is CCOc1ccc(N2CCC(NC)C(C)(C)C2)cc1. The van der Waals surface area contributed by atoms with Crippen LogP contribution in [0.4, 0.5) is 5.69 Å². The monoisotopic (exact) mass is 262 g/mol. The number of rotatable bonds is 4. The van der Waals surface area contributed by atoms with E-state index in [-0.39, 0.29) is 0 Å². The smallest absolute Gasteiger partial charge is 0.119 e. The minimum absolute atomic E-state index is 0.297. The number of hydrogen-bond acceptors (Lipinski definition) is 3. The fraction of sp³-hybridized carbons (Fsp3) is 0.625. The molecule has 1 N–H and O–H groups in total. The summed E-state index contributed by atoms with van der Waals surface area (Å²) in [5.41, 5.74) is 1.59. The van der Waals surface area contributed by atoms with Crippen molar-refractivity contribution in [2.24, 2.45) is 5.41 Å². The third kappa shape index (κ3) is 3.21. The van der Waals surface area contributed by atoms with E-state index in [9.17, 15) is 0 Å². The van der Waals surface area contributed by atoms with Crippen molar-refractivity contribution in [2.75, 3.05) is 31.6 Å². The van der Waals surface area contributed by atoms with E-state index in [4.69, 9.17) is 4.74 Å². The van der Waals surface area contributed by atoms with Gasteiger partial charge in [0.15, 0.2) is 0 Å². The Labute approximate surface area is 116 Å². The highest BCUT2D eigenvalue weighted by molar-refractivity contribution is 5.49. The minimum atomic E-state index is 0.297. The summed E-state index contributed by atoms with van der Waals surface area (Å²) in [5.74, 6) is 0.954. The largest absolute Gasteiger partial charge is 0.494 e. The van der Waals surface area contributed by atoms with Crippen LogP contribution in [0.25, 0.3) is 0 Å². The lowest BCUT2D eigenvalue weighted by atomic mass is 9.79. The van der Waals surface area contributed by atoms with Gasteiger partial charge in [-0.05, 0) is 50.1 Å². The second-order valence-corrected chi connectivity index (χ2v) is 5.97. The van der Waals surface area contributed by atoms with Gasteiger partial charge >= 0.3 is 0 Å². The first kappa shape index (κ1) is 14.2. The molecule has 1 saturated heterocycles. The third-order valence-corrected chi connectivity index (χ3v) is 4.09. The maximum absolute atomic E-state index is 5.50. The lowest BCUT2D eigenvalue weighted by Crippen LogP contribution is -2.53. The van der Waals surface area contributed by atoms with Crippen molar-refractivity contribution in [1.82, 2.24) is 5.32 Å². The fourth-order valence-corrected chi connectivity index (χ4v) is 3.03. The predicted molar refractivity (Wildman–Crippen MR) is 81.1 cm³/mol. The van der Waals surface area contributed by atoms with Gasteiger partial charge in [0.2, 0.25) is 0 Å². The number of piperidine rings is 1. The highest BCUT2D eigenvalue weighted by atomic mass is 16.5. The van der Waals surface area contributed by atoms with Gasteiger partial charge in [-0.1, -0.05) is 13.8 Å². The Balaban J connectivity index is 2.06. The van der Waals surface area contributed by atoms with E-state index in [1.165, 1.54) is 12.1 Å². The standard InChI is InChI=1S/C16H26N2O/c1-5-19-14-8-6-13(7-9-14)18-11-10-15(17-4)16(2,3)12-18/h6-9,15,17H,5,10-12H2,1-4H3. The number of anilines is 1. The maximum atomic E-state index is 5.50. The van der Waals surface area contributed by atoms with Crippen LogP contribution in [0.1, 0.15) is 27.2 Å². The Kier molecular flexibility index (Phi) is 4.35. The van der Waals surface area contributed by atoms with Gasteiger partial charge in [0.05, 0.1) is 6.61 Å². The van der Waals surface area contributed by atoms with Crippen molar-refractivity contribution in [3.8, 4) is 5.75 Å². The Morgan fingerprint density at radius 2 is 2.00 bits per heavy atom. The first-order chi connectivity index (χ1) is 9.06. The van der Waals surface area contributed by atoms with Crippen LogP contribution in [0.3, 0.4) is 0 Å².